The van der Waals surface area contributed by atoms with Gasteiger partial charge in [-0.2, -0.15) is 0 Å². The summed E-state index contributed by atoms with van der Waals surface area (Å²) in [6.07, 6.45) is 1.82. The van der Waals surface area contributed by atoms with Crippen molar-refractivity contribution in [3.05, 3.63) is 35.7 Å². The summed E-state index contributed by atoms with van der Waals surface area (Å²) in [5, 5.41) is 0. The van der Waals surface area contributed by atoms with Crippen LogP contribution >= 0.6 is 11.6 Å². The second-order valence-corrected chi connectivity index (χ2v) is 4.05. The van der Waals surface area contributed by atoms with E-state index in [1.165, 1.54) is 6.07 Å². The highest BCUT2D eigenvalue weighted by Crippen LogP contribution is 2.22. The van der Waals surface area contributed by atoms with Crippen LogP contribution in [-0.4, -0.2) is 9.38 Å². The lowest BCUT2D eigenvalue weighted by Gasteiger charge is -2.03. The predicted octanol–water partition coefficient (Wildman–Crippen LogP) is 3.34. The van der Waals surface area contributed by atoms with E-state index in [1.807, 2.05) is 20.0 Å². The van der Waals surface area contributed by atoms with Crippen molar-refractivity contribution in [3.63, 3.8) is 0 Å². The first kappa shape index (κ1) is 10.4. The number of nitrogens with zero attached hydrogens (tertiary/aromatic N) is 2. The first-order valence-electron chi connectivity index (χ1n) is 4.86. The summed E-state index contributed by atoms with van der Waals surface area (Å²) < 4.78 is 15.4. The van der Waals surface area contributed by atoms with Gasteiger partial charge in [-0.05, 0) is 12.1 Å². The Morgan fingerprint density at radius 3 is 2.87 bits per heavy atom. The van der Waals surface area contributed by atoms with E-state index in [2.05, 4.69) is 4.98 Å². The second kappa shape index (κ2) is 3.81. The molecule has 2 aromatic rings. The molecule has 0 atom stereocenters. The zero-order valence-electron chi connectivity index (χ0n) is 8.67. The largest absolute Gasteiger partial charge is 0.301 e. The summed E-state index contributed by atoms with van der Waals surface area (Å²) in [4.78, 5) is 4.36. The summed E-state index contributed by atoms with van der Waals surface area (Å²) in [6.45, 7) is 4.05. The maximum atomic E-state index is 13.6. The SMILES string of the molecule is CC(C)c1nc(CCl)c2c(F)cccn12. The van der Waals surface area contributed by atoms with Crippen LogP contribution in [0.4, 0.5) is 4.39 Å². The number of alkyl halides is 1. The number of imidazole rings is 1. The van der Waals surface area contributed by atoms with Crippen molar-refractivity contribution < 1.29 is 4.39 Å². The van der Waals surface area contributed by atoms with Crippen molar-refractivity contribution in [1.29, 1.82) is 0 Å². The van der Waals surface area contributed by atoms with E-state index in [1.54, 1.807) is 10.5 Å². The molecule has 0 fully saturated rings. The van der Waals surface area contributed by atoms with Crippen molar-refractivity contribution in [1.82, 2.24) is 9.38 Å². The lowest BCUT2D eigenvalue weighted by atomic mass is 10.2. The third-order valence-corrected chi connectivity index (χ3v) is 2.61. The van der Waals surface area contributed by atoms with Crippen molar-refractivity contribution >= 4 is 17.1 Å². The normalized spacial score (nSPS) is 11.5. The van der Waals surface area contributed by atoms with Gasteiger partial charge >= 0.3 is 0 Å². The van der Waals surface area contributed by atoms with E-state index < -0.39 is 0 Å². The van der Waals surface area contributed by atoms with Crippen LogP contribution in [0.15, 0.2) is 18.3 Å². The van der Waals surface area contributed by atoms with Crippen molar-refractivity contribution in [2.75, 3.05) is 0 Å². The molecule has 0 radical (unpaired) electrons. The van der Waals surface area contributed by atoms with E-state index in [9.17, 15) is 4.39 Å². The predicted molar refractivity (Wildman–Crippen MR) is 58.8 cm³/mol. The minimum Gasteiger partial charge on any atom is -0.301 e. The third kappa shape index (κ3) is 1.61. The van der Waals surface area contributed by atoms with Gasteiger partial charge in [0, 0.05) is 12.1 Å². The first-order valence-corrected chi connectivity index (χ1v) is 5.40. The molecule has 2 aromatic heterocycles. The Hall–Kier alpha value is -1.09. The molecule has 80 valence electrons. The molecule has 0 amide bonds. The Balaban J connectivity index is 2.81. The van der Waals surface area contributed by atoms with Crippen LogP contribution in [0.2, 0.25) is 0 Å². The second-order valence-electron chi connectivity index (χ2n) is 3.78. The Morgan fingerprint density at radius 2 is 2.27 bits per heavy atom. The van der Waals surface area contributed by atoms with Gasteiger partial charge in [0.1, 0.15) is 17.2 Å². The number of hydrogen-bond donors (Lipinski definition) is 0. The quantitative estimate of drug-likeness (QED) is 0.718. The fraction of sp³-hybridized carbons (Fsp3) is 0.364. The number of pyridine rings is 1. The van der Waals surface area contributed by atoms with Crippen LogP contribution in [-0.2, 0) is 5.88 Å². The molecular weight excluding hydrogens is 215 g/mol. The highest BCUT2D eigenvalue weighted by Gasteiger charge is 2.15. The van der Waals surface area contributed by atoms with E-state index in [0.717, 1.165) is 5.82 Å². The minimum absolute atomic E-state index is 0.233. The van der Waals surface area contributed by atoms with Crippen molar-refractivity contribution in [2.45, 2.75) is 25.6 Å². The molecule has 0 aliphatic heterocycles. The van der Waals surface area contributed by atoms with E-state index in [-0.39, 0.29) is 17.6 Å². The fourth-order valence-corrected chi connectivity index (χ4v) is 1.88. The first-order chi connectivity index (χ1) is 7.15. The van der Waals surface area contributed by atoms with Gasteiger partial charge in [0.15, 0.2) is 0 Å². The maximum absolute atomic E-state index is 13.6. The Bertz CT molecular complexity index is 491. The molecule has 0 saturated heterocycles. The van der Waals surface area contributed by atoms with E-state index >= 15 is 0 Å². The van der Waals surface area contributed by atoms with Gasteiger partial charge in [0.2, 0.25) is 0 Å². The van der Waals surface area contributed by atoms with Gasteiger partial charge in [0.25, 0.3) is 0 Å². The molecule has 0 spiro atoms. The fourth-order valence-electron chi connectivity index (χ4n) is 1.70. The van der Waals surface area contributed by atoms with Gasteiger partial charge in [-0.25, -0.2) is 9.37 Å². The molecule has 2 rings (SSSR count). The molecule has 0 saturated carbocycles. The summed E-state index contributed by atoms with van der Waals surface area (Å²) in [5.74, 6) is 1.06. The molecule has 0 bridgehead atoms. The average molecular weight is 227 g/mol. The van der Waals surface area contributed by atoms with Gasteiger partial charge in [-0.15, -0.1) is 11.6 Å². The monoisotopic (exact) mass is 226 g/mol. The van der Waals surface area contributed by atoms with Crippen molar-refractivity contribution in [3.8, 4) is 0 Å². The summed E-state index contributed by atoms with van der Waals surface area (Å²) in [5.41, 5.74) is 1.11. The number of aromatic nitrogens is 2. The van der Waals surface area contributed by atoms with E-state index in [0.29, 0.717) is 11.2 Å². The maximum Gasteiger partial charge on any atom is 0.149 e. The van der Waals surface area contributed by atoms with Gasteiger partial charge in [-0.1, -0.05) is 13.8 Å². The molecule has 2 heterocycles. The summed E-state index contributed by atoms with van der Waals surface area (Å²) >= 11 is 5.75. The molecule has 0 unspecified atom stereocenters. The molecule has 0 N–H and O–H groups in total. The Morgan fingerprint density at radius 1 is 1.53 bits per heavy atom. The zero-order valence-corrected chi connectivity index (χ0v) is 9.42. The molecular formula is C11H12ClFN2. The number of rotatable bonds is 2. The topological polar surface area (TPSA) is 17.3 Å². The number of hydrogen-bond acceptors (Lipinski definition) is 1. The molecule has 0 aliphatic rings. The highest BCUT2D eigenvalue weighted by molar-refractivity contribution is 6.17. The van der Waals surface area contributed by atoms with Crippen LogP contribution in [0.5, 0.6) is 0 Å². The third-order valence-electron chi connectivity index (χ3n) is 2.36. The standard InChI is InChI=1S/C11H12ClFN2/c1-7(2)11-14-9(6-12)10-8(13)4-3-5-15(10)11/h3-5,7H,6H2,1-2H3. The van der Waals surface area contributed by atoms with Crippen LogP contribution in [0.3, 0.4) is 0 Å². The lowest BCUT2D eigenvalue weighted by Crippen LogP contribution is -1.96. The van der Waals surface area contributed by atoms with Gasteiger partial charge < -0.3 is 4.40 Å². The smallest absolute Gasteiger partial charge is 0.149 e. The average Bonchev–Trinajstić information content (AvgIpc) is 2.58. The molecule has 0 aromatic carbocycles. The lowest BCUT2D eigenvalue weighted by molar-refractivity contribution is 0.630. The van der Waals surface area contributed by atoms with Gasteiger partial charge in [-0.3, -0.25) is 0 Å². The highest BCUT2D eigenvalue weighted by atomic mass is 35.5. The van der Waals surface area contributed by atoms with Crippen LogP contribution in [0.25, 0.3) is 5.52 Å². The number of fused-ring (bicyclic) bond motifs is 1. The minimum atomic E-state index is -0.271. The Labute approximate surface area is 92.7 Å². The van der Waals surface area contributed by atoms with Crippen LogP contribution < -0.4 is 0 Å². The van der Waals surface area contributed by atoms with E-state index in [4.69, 9.17) is 11.6 Å². The summed E-state index contributed by atoms with van der Waals surface area (Å²) in [6, 6.07) is 3.10. The molecule has 4 heteroatoms. The molecule has 15 heavy (non-hydrogen) atoms. The van der Waals surface area contributed by atoms with Crippen molar-refractivity contribution in [2.24, 2.45) is 0 Å². The van der Waals surface area contributed by atoms with Crippen LogP contribution in [0, 0.1) is 5.82 Å². The van der Waals surface area contributed by atoms with Gasteiger partial charge in [0.05, 0.1) is 11.6 Å². The summed E-state index contributed by atoms with van der Waals surface area (Å²) in [7, 11) is 0. The number of halogens is 2. The molecule has 0 aliphatic carbocycles. The Kier molecular flexibility index (Phi) is 2.65. The van der Waals surface area contributed by atoms with Crippen LogP contribution in [0.1, 0.15) is 31.3 Å². The zero-order chi connectivity index (χ0) is 11.0. The molecule has 2 nitrogen and oxygen atoms in total.